The third kappa shape index (κ3) is 2.82. The second kappa shape index (κ2) is 5.67. The molecule has 0 aliphatic heterocycles. The number of fused-ring (bicyclic) bond motifs is 1. The summed E-state index contributed by atoms with van der Waals surface area (Å²) < 4.78 is 4.75. The van der Waals surface area contributed by atoms with Gasteiger partial charge in [0.05, 0.1) is 24.4 Å². The van der Waals surface area contributed by atoms with Gasteiger partial charge in [-0.2, -0.15) is 0 Å². The monoisotopic (exact) mass is 260 g/mol. The number of nitrogens with one attached hydrogen (secondary N) is 1. The first-order valence-corrected chi connectivity index (χ1v) is 6.01. The number of carbonyl (C=O) groups is 1. The largest absolute Gasteiger partial charge is 0.465 e. The van der Waals surface area contributed by atoms with Crippen molar-refractivity contribution >= 4 is 22.6 Å². The number of rotatable bonds is 4. The molecule has 1 aromatic heterocycles. The van der Waals surface area contributed by atoms with E-state index in [4.69, 9.17) is 4.74 Å². The smallest absolute Gasteiger partial charge is 0.341 e. The van der Waals surface area contributed by atoms with Crippen molar-refractivity contribution in [3.8, 4) is 0 Å². The number of aliphatic hydroxyl groups is 1. The average Bonchev–Trinajstić information content (AvgIpc) is 2.43. The minimum atomic E-state index is -0.516. The lowest BCUT2D eigenvalue weighted by Crippen LogP contribution is -2.18. The van der Waals surface area contributed by atoms with Crippen LogP contribution in [0.15, 0.2) is 30.5 Å². The third-order valence-corrected chi connectivity index (χ3v) is 2.76. The first-order valence-electron chi connectivity index (χ1n) is 6.01. The lowest BCUT2D eigenvalue weighted by atomic mass is 10.1. The van der Waals surface area contributed by atoms with E-state index in [0.29, 0.717) is 17.8 Å². The second-order valence-corrected chi connectivity index (χ2v) is 4.29. The highest BCUT2D eigenvalue weighted by Gasteiger charge is 2.15. The van der Waals surface area contributed by atoms with Crippen LogP contribution in [0.25, 0.3) is 10.9 Å². The van der Waals surface area contributed by atoms with Crippen LogP contribution in [0.5, 0.6) is 0 Å². The number of aromatic nitrogens is 1. The van der Waals surface area contributed by atoms with Crippen molar-refractivity contribution in [3.63, 3.8) is 0 Å². The molecule has 0 aliphatic carbocycles. The minimum absolute atomic E-state index is 0.345. The summed E-state index contributed by atoms with van der Waals surface area (Å²) in [5, 5.41) is 13.3. The molecule has 0 saturated heterocycles. The molecule has 1 atom stereocenters. The second-order valence-electron chi connectivity index (χ2n) is 4.29. The van der Waals surface area contributed by atoms with Crippen LogP contribution >= 0.6 is 0 Å². The third-order valence-electron chi connectivity index (χ3n) is 2.76. The van der Waals surface area contributed by atoms with Gasteiger partial charge in [-0.3, -0.25) is 4.98 Å². The van der Waals surface area contributed by atoms with Gasteiger partial charge in [-0.1, -0.05) is 18.2 Å². The summed E-state index contributed by atoms with van der Waals surface area (Å²) in [4.78, 5) is 16.0. The van der Waals surface area contributed by atoms with Crippen molar-refractivity contribution in [1.29, 1.82) is 0 Å². The van der Waals surface area contributed by atoms with E-state index in [9.17, 15) is 9.90 Å². The van der Waals surface area contributed by atoms with Crippen molar-refractivity contribution in [2.24, 2.45) is 0 Å². The minimum Gasteiger partial charge on any atom is -0.465 e. The molecule has 19 heavy (non-hydrogen) atoms. The van der Waals surface area contributed by atoms with E-state index in [-0.39, 0.29) is 0 Å². The molecule has 0 radical (unpaired) electrons. The fourth-order valence-electron chi connectivity index (χ4n) is 1.85. The Morgan fingerprint density at radius 2 is 2.21 bits per heavy atom. The van der Waals surface area contributed by atoms with E-state index in [2.05, 4.69) is 10.3 Å². The molecule has 0 bridgehead atoms. The van der Waals surface area contributed by atoms with Gasteiger partial charge in [0.25, 0.3) is 0 Å². The molecule has 1 aromatic carbocycles. The summed E-state index contributed by atoms with van der Waals surface area (Å²) in [6.07, 6.45) is 0.968. The standard InChI is InChI=1S/C14H16N2O3/c1-9(17)7-16-13-10-5-3-4-6-12(10)15-8-11(13)14(18)19-2/h3-6,8-9,17H,7H2,1-2H3,(H,15,16)/t9-/m0/s1. The van der Waals surface area contributed by atoms with Gasteiger partial charge in [0.2, 0.25) is 0 Å². The van der Waals surface area contributed by atoms with E-state index < -0.39 is 12.1 Å². The van der Waals surface area contributed by atoms with Gasteiger partial charge in [0, 0.05) is 18.1 Å². The topological polar surface area (TPSA) is 71.5 Å². The van der Waals surface area contributed by atoms with Crippen molar-refractivity contribution in [2.75, 3.05) is 19.0 Å². The lowest BCUT2D eigenvalue weighted by Gasteiger charge is -2.14. The zero-order valence-electron chi connectivity index (χ0n) is 10.9. The highest BCUT2D eigenvalue weighted by Crippen LogP contribution is 2.26. The number of aliphatic hydroxyl groups excluding tert-OH is 1. The summed E-state index contributed by atoms with van der Waals surface area (Å²) >= 11 is 0. The highest BCUT2D eigenvalue weighted by molar-refractivity contribution is 6.04. The van der Waals surface area contributed by atoms with Crippen molar-refractivity contribution in [2.45, 2.75) is 13.0 Å². The van der Waals surface area contributed by atoms with Gasteiger partial charge in [-0.05, 0) is 13.0 Å². The molecule has 0 unspecified atom stereocenters. The number of carbonyl (C=O) groups excluding carboxylic acids is 1. The maximum absolute atomic E-state index is 11.8. The maximum atomic E-state index is 11.8. The van der Waals surface area contributed by atoms with Crippen LogP contribution in [-0.2, 0) is 4.74 Å². The molecule has 0 aliphatic rings. The first kappa shape index (κ1) is 13.3. The molecular weight excluding hydrogens is 244 g/mol. The van der Waals surface area contributed by atoms with E-state index in [1.165, 1.54) is 13.3 Å². The summed E-state index contributed by atoms with van der Waals surface area (Å²) in [5.74, 6) is -0.452. The molecule has 2 rings (SSSR count). The van der Waals surface area contributed by atoms with Crippen LogP contribution < -0.4 is 5.32 Å². The van der Waals surface area contributed by atoms with Crippen molar-refractivity contribution in [3.05, 3.63) is 36.0 Å². The number of esters is 1. The van der Waals surface area contributed by atoms with Crippen LogP contribution in [0, 0.1) is 0 Å². The van der Waals surface area contributed by atoms with Gasteiger partial charge in [-0.15, -0.1) is 0 Å². The average molecular weight is 260 g/mol. The fraction of sp³-hybridized carbons (Fsp3) is 0.286. The molecule has 100 valence electrons. The molecule has 0 saturated carbocycles. The van der Waals surface area contributed by atoms with Crippen molar-refractivity contribution < 1.29 is 14.6 Å². The SMILES string of the molecule is COC(=O)c1cnc2ccccc2c1NC[C@H](C)O. The quantitative estimate of drug-likeness (QED) is 0.820. The Kier molecular flexibility index (Phi) is 3.97. The van der Waals surface area contributed by atoms with Crippen LogP contribution in [0.4, 0.5) is 5.69 Å². The Hall–Kier alpha value is -2.14. The van der Waals surface area contributed by atoms with Gasteiger partial charge in [0.1, 0.15) is 5.56 Å². The summed E-state index contributed by atoms with van der Waals surface area (Å²) in [6, 6.07) is 7.49. The molecule has 2 aromatic rings. The number of para-hydroxylation sites is 1. The van der Waals surface area contributed by atoms with E-state index in [1.54, 1.807) is 6.92 Å². The highest BCUT2D eigenvalue weighted by atomic mass is 16.5. The number of benzene rings is 1. The fourth-order valence-corrected chi connectivity index (χ4v) is 1.85. The van der Waals surface area contributed by atoms with Gasteiger partial charge in [0.15, 0.2) is 0 Å². The predicted molar refractivity (Wildman–Crippen MR) is 73.3 cm³/mol. The van der Waals surface area contributed by atoms with Crippen LogP contribution in [-0.4, -0.2) is 35.8 Å². The normalized spacial score (nSPS) is 12.2. The number of hydrogen-bond acceptors (Lipinski definition) is 5. The van der Waals surface area contributed by atoms with Crippen LogP contribution in [0.2, 0.25) is 0 Å². The van der Waals surface area contributed by atoms with Crippen LogP contribution in [0.3, 0.4) is 0 Å². The molecule has 0 fully saturated rings. The molecule has 1 heterocycles. The number of pyridine rings is 1. The summed E-state index contributed by atoms with van der Waals surface area (Å²) in [6.45, 7) is 2.02. The number of hydrogen-bond donors (Lipinski definition) is 2. The molecule has 5 nitrogen and oxygen atoms in total. The van der Waals surface area contributed by atoms with E-state index in [1.807, 2.05) is 24.3 Å². The van der Waals surface area contributed by atoms with Crippen LogP contribution in [0.1, 0.15) is 17.3 Å². The Balaban J connectivity index is 2.54. The number of anilines is 1. The van der Waals surface area contributed by atoms with Gasteiger partial charge < -0.3 is 15.2 Å². The van der Waals surface area contributed by atoms with Gasteiger partial charge >= 0.3 is 5.97 Å². The molecule has 0 spiro atoms. The maximum Gasteiger partial charge on any atom is 0.341 e. The summed E-state index contributed by atoms with van der Waals surface area (Å²) in [5.41, 5.74) is 1.78. The Morgan fingerprint density at radius 3 is 2.89 bits per heavy atom. The zero-order chi connectivity index (χ0) is 13.8. The molecule has 5 heteroatoms. The zero-order valence-corrected chi connectivity index (χ0v) is 10.9. The van der Waals surface area contributed by atoms with Crippen molar-refractivity contribution in [1.82, 2.24) is 4.98 Å². The molecular formula is C14H16N2O3. The van der Waals surface area contributed by atoms with E-state index in [0.717, 1.165) is 10.9 Å². The number of ether oxygens (including phenoxy) is 1. The van der Waals surface area contributed by atoms with Gasteiger partial charge in [-0.25, -0.2) is 4.79 Å². The Labute approximate surface area is 111 Å². The lowest BCUT2D eigenvalue weighted by molar-refractivity contribution is 0.0601. The number of nitrogens with zero attached hydrogens (tertiary/aromatic N) is 1. The molecule has 0 amide bonds. The predicted octanol–water partition coefficient (Wildman–Crippen LogP) is 1.81. The number of methoxy groups -OCH3 is 1. The Bertz CT molecular complexity index is 596. The Morgan fingerprint density at radius 1 is 1.47 bits per heavy atom. The van der Waals surface area contributed by atoms with E-state index >= 15 is 0 Å². The summed E-state index contributed by atoms with van der Waals surface area (Å²) in [7, 11) is 1.33. The molecule has 2 N–H and O–H groups in total. The first-order chi connectivity index (χ1) is 9.13.